The summed E-state index contributed by atoms with van der Waals surface area (Å²) in [5.41, 5.74) is 4.86. The predicted molar refractivity (Wildman–Crippen MR) is 126 cm³/mol. The van der Waals surface area contributed by atoms with Crippen LogP contribution in [0.4, 0.5) is 5.69 Å². The first kappa shape index (κ1) is 23.7. The molecule has 0 aliphatic carbocycles. The van der Waals surface area contributed by atoms with Gasteiger partial charge in [0.15, 0.2) is 11.5 Å². The van der Waals surface area contributed by atoms with Gasteiger partial charge in [-0.2, -0.15) is 5.10 Å². The first-order valence-corrected chi connectivity index (χ1v) is 10.5. The fraction of sp³-hybridized carbons (Fsp3) is 0.167. The molecule has 0 unspecified atom stereocenters. The number of nitrogens with zero attached hydrogens (tertiary/aromatic N) is 2. The van der Waals surface area contributed by atoms with Crippen molar-refractivity contribution in [2.75, 3.05) is 6.61 Å². The molecule has 3 aromatic carbocycles. The maximum absolute atomic E-state index is 12.0. The molecule has 1 N–H and O–H groups in total. The fourth-order valence-electron chi connectivity index (χ4n) is 2.87. The van der Waals surface area contributed by atoms with Crippen LogP contribution in [0.25, 0.3) is 0 Å². The first-order chi connectivity index (χ1) is 15.9. The molecule has 0 bridgehead atoms. The third-order valence-corrected chi connectivity index (χ3v) is 4.74. The summed E-state index contributed by atoms with van der Waals surface area (Å²) in [4.78, 5) is 22.4. The van der Waals surface area contributed by atoms with E-state index in [-0.39, 0.29) is 24.6 Å². The number of amides is 1. The number of carbonyl (C=O) groups is 1. The zero-order chi connectivity index (χ0) is 23.6. The van der Waals surface area contributed by atoms with E-state index in [2.05, 4.69) is 10.5 Å². The molecule has 0 atom stereocenters. The summed E-state index contributed by atoms with van der Waals surface area (Å²) < 4.78 is 11.5. The van der Waals surface area contributed by atoms with Crippen molar-refractivity contribution in [3.63, 3.8) is 0 Å². The van der Waals surface area contributed by atoms with E-state index in [9.17, 15) is 14.9 Å². The fourth-order valence-corrected chi connectivity index (χ4v) is 3.00. The summed E-state index contributed by atoms with van der Waals surface area (Å²) in [6.45, 7) is 2.52. The zero-order valence-corrected chi connectivity index (χ0v) is 18.6. The predicted octanol–water partition coefficient (Wildman–Crippen LogP) is 4.92. The van der Waals surface area contributed by atoms with Crippen molar-refractivity contribution in [2.24, 2.45) is 5.10 Å². The van der Waals surface area contributed by atoms with Crippen molar-refractivity contribution in [2.45, 2.75) is 20.0 Å². The molecule has 0 heterocycles. The third-order valence-electron chi connectivity index (χ3n) is 4.49. The van der Waals surface area contributed by atoms with Crippen LogP contribution in [0.5, 0.6) is 11.5 Å². The van der Waals surface area contributed by atoms with Gasteiger partial charge in [0.25, 0.3) is 5.69 Å². The van der Waals surface area contributed by atoms with E-state index < -0.39 is 4.92 Å². The normalized spacial score (nSPS) is 10.7. The van der Waals surface area contributed by atoms with Crippen molar-refractivity contribution in [3.8, 4) is 11.5 Å². The van der Waals surface area contributed by atoms with Gasteiger partial charge in [-0.1, -0.05) is 23.7 Å². The van der Waals surface area contributed by atoms with Crippen LogP contribution in [0.2, 0.25) is 5.02 Å². The van der Waals surface area contributed by atoms with Gasteiger partial charge in [0.05, 0.1) is 24.2 Å². The Balaban J connectivity index is 1.59. The van der Waals surface area contributed by atoms with Crippen LogP contribution >= 0.6 is 11.6 Å². The van der Waals surface area contributed by atoms with Crippen LogP contribution in [0.15, 0.2) is 71.8 Å². The Bertz CT molecular complexity index is 1130. The second-order valence-electron chi connectivity index (χ2n) is 6.95. The van der Waals surface area contributed by atoms with Gasteiger partial charge in [-0.3, -0.25) is 14.9 Å². The number of rotatable bonds is 10. The monoisotopic (exact) mass is 467 g/mol. The van der Waals surface area contributed by atoms with Crippen molar-refractivity contribution in [1.29, 1.82) is 0 Å². The van der Waals surface area contributed by atoms with E-state index in [0.717, 1.165) is 11.1 Å². The number of nitrogens with one attached hydrogen (secondary N) is 1. The molecule has 3 rings (SSSR count). The minimum absolute atomic E-state index is 0.0256. The number of ether oxygens (including phenoxy) is 2. The quantitative estimate of drug-likeness (QED) is 0.259. The van der Waals surface area contributed by atoms with Crippen LogP contribution in [-0.4, -0.2) is 23.7 Å². The van der Waals surface area contributed by atoms with E-state index in [1.807, 2.05) is 6.92 Å². The van der Waals surface area contributed by atoms with Crippen molar-refractivity contribution in [3.05, 3.63) is 98.6 Å². The summed E-state index contributed by atoms with van der Waals surface area (Å²) in [6.07, 6.45) is 1.70. The summed E-state index contributed by atoms with van der Waals surface area (Å²) in [5, 5.41) is 15.4. The average molecular weight is 468 g/mol. The molecule has 9 heteroatoms. The van der Waals surface area contributed by atoms with Crippen LogP contribution in [0, 0.1) is 10.1 Å². The molecule has 0 aliphatic rings. The Labute approximate surface area is 195 Å². The SMILES string of the molecule is CCOc1cc(C=NNC(=O)Cc2ccc(Cl)cc2)ccc1OCc1ccc([N+](=O)[O-])cc1. The number of nitro benzene ring substituents is 1. The molecular weight excluding hydrogens is 446 g/mol. The topological polar surface area (TPSA) is 103 Å². The maximum atomic E-state index is 12.0. The van der Waals surface area contributed by atoms with Gasteiger partial charge < -0.3 is 9.47 Å². The molecule has 0 aliphatic heterocycles. The minimum Gasteiger partial charge on any atom is -0.490 e. The third kappa shape index (κ3) is 7.33. The largest absolute Gasteiger partial charge is 0.490 e. The lowest BCUT2D eigenvalue weighted by Gasteiger charge is -2.12. The molecule has 1 amide bonds. The highest BCUT2D eigenvalue weighted by molar-refractivity contribution is 6.30. The molecular formula is C24H22ClN3O5. The molecule has 0 fully saturated rings. The molecule has 0 saturated heterocycles. The van der Waals surface area contributed by atoms with Gasteiger partial charge in [-0.05, 0) is 66.1 Å². The Morgan fingerprint density at radius 1 is 1.03 bits per heavy atom. The molecule has 0 spiro atoms. The minimum atomic E-state index is -0.446. The lowest BCUT2D eigenvalue weighted by Crippen LogP contribution is -2.19. The van der Waals surface area contributed by atoms with E-state index in [4.69, 9.17) is 21.1 Å². The first-order valence-electron chi connectivity index (χ1n) is 10.1. The summed E-state index contributed by atoms with van der Waals surface area (Å²) in [5.74, 6) is 0.802. The highest BCUT2D eigenvalue weighted by Crippen LogP contribution is 2.29. The number of hydrogen-bond donors (Lipinski definition) is 1. The van der Waals surface area contributed by atoms with E-state index in [0.29, 0.717) is 28.7 Å². The number of non-ortho nitro benzene ring substituents is 1. The van der Waals surface area contributed by atoms with E-state index in [1.165, 1.54) is 18.3 Å². The zero-order valence-electron chi connectivity index (χ0n) is 17.9. The summed E-state index contributed by atoms with van der Waals surface area (Å²) in [6, 6.07) is 18.5. The standard InChI is InChI=1S/C24H22ClN3O5/c1-2-32-23-13-19(15-26-27-24(29)14-17-3-8-20(25)9-4-17)7-12-22(23)33-16-18-5-10-21(11-6-18)28(30)31/h3-13,15H,2,14,16H2,1H3,(H,27,29). The van der Waals surface area contributed by atoms with E-state index >= 15 is 0 Å². The highest BCUT2D eigenvalue weighted by atomic mass is 35.5. The smallest absolute Gasteiger partial charge is 0.269 e. The number of nitro groups is 1. The number of carbonyl (C=O) groups excluding carboxylic acids is 1. The lowest BCUT2D eigenvalue weighted by molar-refractivity contribution is -0.384. The van der Waals surface area contributed by atoms with Crippen molar-refractivity contribution >= 4 is 29.4 Å². The number of hydrazone groups is 1. The summed E-state index contributed by atoms with van der Waals surface area (Å²) in [7, 11) is 0. The molecule has 0 saturated carbocycles. The second-order valence-corrected chi connectivity index (χ2v) is 7.38. The Hall–Kier alpha value is -3.91. The second kappa shape index (κ2) is 11.6. The highest BCUT2D eigenvalue weighted by Gasteiger charge is 2.09. The van der Waals surface area contributed by atoms with Crippen molar-refractivity contribution in [1.82, 2.24) is 5.43 Å². The molecule has 33 heavy (non-hydrogen) atoms. The molecule has 0 aromatic heterocycles. The van der Waals surface area contributed by atoms with Crippen LogP contribution < -0.4 is 14.9 Å². The number of hydrogen-bond acceptors (Lipinski definition) is 6. The molecule has 8 nitrogen and oxygen atoms in total. The van der Waals surface area contributed by atoms with E-state index in [1.54, 1.807) is 54.6 Å². The van der Waals surface area contributed by atoms with Crippen LogP contribution in [0.1, 0.15) is 23.6 Å². The maximum Gasteiger partial charge on any atom is 0.269 e. The van der Waals surface area contributed by atoms with Gasteiger partial charge in [0.1, 0.15) is 6.61 Å². The molecule has 0 radical (unpaired) electrons. The summed E-state index contributed by atoms with van der Waals surface area (Å²) >= 11 is 5.85. The van der Waals surface area contributed by atoms with Gasteiger partial charge in [-0.25, -0.2) is 5.43 Å². The Kier molecular flexibility index (Phi) is 8.37. The Morgan fingerprint density at radius 3 is 2.39 bits per heavy atom. The van der Waals surface area contributed by atoms with Gasteiger partial charge in [0.2, 0.25) is 5.91 Å². The van der Waals surface area contributed by atoms with Gasteiger partial charge in [0, 0.05) is 17.2 Å². The van der Waals surface area contributed by atoms with Crippen LogP contribution in [0.3, 0.4) is 0 Å². The lowest BCUT2D eigenvalue weighted by atomic mass is 10.1. The Morgan fingerprint density at radius 2 is 1.73 bits per heavy atom. The molecule has 3 aromatic rings. The van der Waals surface area contributed by atoms with Gasteiger partial charge in [-0.15, -0.1) is 0 Å². The van der Waals surface area contributed by atoms with Crippen molar-refractivity contribution < 1.29 is 19.2 Å². The average Bonchev–Trinajstić information content (AvgIpc) is 2.80. The van der Waals surface area contributed by atoms with Crippen LogP contribution in [-0.2, 0) is 17.8 Å². The number of benzene rings is 3. The number of halogens is 1. The van der Waals surface area contributed by atoms with Gasteiger partial charge >= 0.3 is 0 Å². The molecule has 170 valence electrons.